The number of carbonyl (C=O) groups excluding carboxylic acids is 1. The number of aromatic nitrogens is 1. The molecule has 34 heavy (non-hydrogen) atoms. The van der Waals surface area contributed by atoms with E-state index in [0.717, 1.165) is 37.8 Å². The fraction of sp³-hybridized carbons (Fsp3) is 0.0714. The lowest BCUT2D eigenvalue weighted by Gasteiger charge is -2.09. The number of carbonyl (C=O) groups is 1. The Labute approximate surface area is 202 Å². The van der Waals surface area contributed by atoms with Gasteiger partial charge in [-0.15, -0.1) is 0 Å². The molecular weight excluding hydrogens is 446 g/mol. The van der Waals surface area contributed by atoms with E-state index in [1.54, 1.807) is 13.3 Å². The van der Waals surface area contributed by atoms with E-state index >= 15 is 0 Å². The second-order valence-corrected chi connectivity index (χ2v) is 8.33. The van der Waals surface area contributed by atoms with Crippen molar-refractivity contribution in [1.82, 2.24) is 9.99 Å². The van der Waals surface area contributed by atoms with Crippen molar-refractivity contribution in [2.45, 2.75) is 6.54 Å². The molecular formula is C28H22ClN3O2. The molecule has 0 atom stereocenters. The van der Waals surface area contributed by atoms with Crippen molar-refractivity contribution in [2.24, 2.45) is 5.10 Å². The molecule has 1 N–H and O–H groups in total. The number of hydrogen-bond donors (Lipinski definition) is 1. The van der Waals surface area contributed by atoms with Crippen LogP contribution < -0.4 is 10.2 Å². The SMILES string of the molecule is COc1cc2ccccc2cc1C(=O)NN=Cc1cn(Cc2ccccc2Cl)c2ccccc12. The summed E-state index contributed by atoms with van der Waals surface area (Å²) in [7, 11) is 1.55. The summed E-state index contributed by atoms with van der Waals surface area (Å²) >= 11 is 6.37. The van der Waals surface area contributed by atoms with E-state index in [4.69, 9.17) is 16.3 Å². The third-order valence-corrected chi connectivity index (χ3v) is 6.17. The number of amides is 1. The topological polar surface area (TPSA) is 55.6 Å². The number of methoxy groups -OCH3 is 1. The second kappa shape index (κ2) is 9.41. The summed E-state index contributed by atoms with van der Waals surface area (Å²) in [6.07, 6.45) is 3.68. The number of halogens is 1. The van der Waals surface area contributed by atoms with E-state index in [1.807, 2.05) is 85.1 Å². The summed E-state index contributed by atoms with van der Waals surface area (Å²) in [6.45, 7) is 0.634. The van der Waals surface area contributed by atoms with Gasteiger partial charge in [0.05, 0.1) is 18.9 Å². The number of hydrazone groups is 1. The first-order chi connectivity index (χ1) is 16.6. The Morgan fingerprint density at radius 2 is 1.71 bits per heavy atom. The Hall–Kier alpha value is -4.09. The maximum absolute atomic E-state index is 12.9. The number of nitrogens with one attached hydrogen (secondary N) is 1. The van der Waals surface area contributed by atoms with Crippen molar-refractivity contribution >= 4 is 45.4 Å². The zero-order valence-electron chi connectivity index (χ0n) is 18.5. The first kappa shape index (κ1) is 21.7. The number of rotatable bonds is 6. The van der Waals surface area contributed by atoms with Crippen molar-refractivity contribution in [3.05, 3.63) is 113 Å². The highest BCUT2D eigenvalue weighted by atomic mass is 35.5. The molecule has 168 valence electrons. The van der Waals surface area contributed by atoms with Gasteiger partial charge < -0.3 is 9.30 Å². The Balaban J connectivity index is 1.41. The quantitative estimate of drug-likeness (QED) is 0.236. The van der Waals surface area contributed by atoms with E-state index in [-0.39, 0.29) is 5.91 Å². The van der Waals surface area contributed by atoms with Crippen LogP contribution in [-0.4, -0.2) is 23.8 Å². The molecule has 0 spiro atoms. The zero-order chi connectivity index (χ0) is 23.5. The van der Waals surface area contributed by atoms with E-state index in [0.29, 0.717) is 17.9 Å². The first-order valence-corrected chi connectivity index (χ1v) is 11.2. The second-order valence-electron chi connectivity index (χ2n) is 7.92. The monoisotopic (exact) mass is 467 g/mol. The van der Waals surface area contributed by atoms with E-state index in [9.17, 15) is 4.79 Å². The largest absolute Gasteiger partial charge is 0.496 e. The highest BCUT2D eigenvalue weighted by molar-refractivity contribution is 6.31. The maximum atomic E-state index is 12.9. The zero-order valence-corrected chi connectivity index (χ0v) is 19.3. The smallest absolute Gasteiger partial charge is 0.275 e. The lowest BCUT2D eigenvalue weighted by Crippen LogP contribution is -2.18. The van der Waals surface area contributed by atoms with Crippen LogP contribution in [0.4, 0.5) is 0 Å². The van der Waals surface area contributed by atoms with Crippen LogP contribution in [0.15, 0.2) is 96.2 Å². The Kier molecular flexibility index (Phi) is 6.02. The molecule has 0 aliphatic heterocycles. The summed E-state index contributed by atoms with van der Waals surface area (Å²) in [4.78, 5) is 12.9. The minimum Gasteiger partial charge on any atom is -0.496 e. The molecule has 0 saturated carbocycles. The normalized spacial score (nSPS) is 11.4. The van der Waals surface area contributed by atoms with Crippen molar-refractivity contribution in [1.29, 1.82) is 0 Å². The molecule has 4 aromatic carbocycles. The van der Waals surface area contributed by atoms with E-state index in [1.165, 1.54) is 0 Å². The molecule has 5 nitrogen and oxygen atoms in total. The number of benzene rings is 4. The fourth-order valence-electron chi connectivity index (χ4n) is 4.11. The molecule has 1 amide bonds. The van der Waals surface area contributed by atoms with Gasteiger partial charge in [0.25, 0.3) is 5.91 Å². The number of fused-ring (bicyclic) bond motifs is 2. The number of ether oxygens (including phenoxy) is 1. The lowest BCUT2D eigenvalue weighted by molar-refractivity contribution is 0.0952. The summed E-state index contributed by atoms with van der Waals surface area (Å²) in [6, 6.07) is 27.4. The molecule has 0 unspecified atom stereocenters. The Bertz CT molecular complexity index is 1540. The number of hydrogen-bond acceptors (Lipinski definition) is 3. The first-order valence-electron chi connectivity index (χ1n) is 10.9. The molecule has 0 radical (unpaired) electrons. The predicted molar refractivity (Wildman–Crippen MR) is 138 cm³/mol. The molecule has 1 aromatic heterocycles. The van der Waals surface area contributed by atoms with Crippen molar-refractivity contribution < 1.29 is 9.53 Å². The van der Waals surface area contributed by atoms with Gasteiger partial charge in [0.15, 0.2) is 0 Å². The molecule has 0 aliphatic carbocycles. The summed E-state index contributed by atoms with van der Waals surface area (Å²) in [5, 5.41) is 7.97. The van der Waals surface area contributed by atoms with Gasteiger partial charge in [-0.2, -0.15) is 5.10 Å². The highest BCUT2D eigenvalue weighted by Crippen LogP contribution is 2.26. The maximum Gasteiger partial charge on any atom is 0.275 e. The Morgan fingerprint density at radius 1 is 1.00 bits per heavy atom. The summed E-state index contributed by atoms with van der Waals surface area (Å²) in [5.74, 6) is 0.168. The average molecular weight is 468 g/mol. The van der Waals surface area contributed by atoms with Crippen LogP contribution >= 0.6 is 11.6 Å². The van der Waals surface area contributed by atoms with Gasteiger partial charge in [-0.3, -0.25) is 4.79 Å². The third kappa shape index (κ3) is 4.26. The average Bonchev–Trinajstić information content (AvgIpc) is 3.22. The van der Waals surface area contributed by atoms with Gasteiger partial charge in [0.2, 0.25) is 0 Å². The molecule has 5 aromatic rings. The molecule has 0 saturated heterocycles. The van der Waals surface area contributed by atoms with Crippen molar-refractivity contribution in [2.75, 3.05) is 7.11 Å². The highest BCUT2D eigenvalue weighted by Gasteiger charge is 2.14. The predicted octanol–water partition coefficient (Wildman–Crippen LogP) is 6.27. The van der Waals surface area contributed by atoms with Crippen LogP contribution in [0, 0.1) is 0 Å². The molecule has 6 heteroatoms. The molecule has 0 aliphatic rings. The van der Waals surface area contributed by atoms with Crippen LogP contribution in [0.3, 0.4) is 0 Å². The van der Waals surface area contributed by atoms with Crippen LogP contribution in [0.5, 0.6) is 5.75 Å². The summed E-state index contributed by atoms with van der Waals surface area (Å²) in [5.41, 5.74) is 6.06. The summed E-state index contributed by atoms with van der Waals surface area (Å²) < 4.78 is 7.57. The van der Waals surface area contributed by atoms with Crippen molar-refractivity contribution in [3.8, 4) is 5.75 Å². The van der Waals surface area contributed by atoms with E-state index < -0.39 is 0 Å². The number of para-hydroxylation sites is 1. The third-order valence-electron chi connectivity index (χ3n) is 5.80. The van der Waals surface area contributed by atoms with Gasteiger partial charge in [-0.25, -0.2) is 5.43 Å². The van der Waals surface area contributed by atoms with Gasteiger partial charge in [0, 0.05) is 34.2 Å². The molecule has 5 rings (SSSR count). The minimum atomic E-state index is -0.335. The number of nitrogens with zero attached hydrogens (tertiary/aromatic N) is 2. The van der Waals surface area contributed by atoms with Gasteiger partial charge in [-0.05, 0) is 40.6 Å². The van der Waals surface area contributed by atoms with Crippen LogP contribution in [0.1, 0.15) is 21.5 Å². The standard InChI is InChI=1S/C28H22ClN3O2/c1-34-27-15-20-9-3-2-8-19(20)14-24(27)28(33)31-30-16-22-18-32(26-13-7-5-11-23(22)26)17-21-10-4-6-12-25(21)29/h2-16,18H,17H2,1H3,(H,31,33). The van der Waals surface area contributed by atoms with Gasteiger partial charge in [0.1, 0.15) is 5.75 Å². The lowest BCUT2D eigenvalue weighted by atomic mass is 10.1. The van der Waals surface area contributed by atoms with Gasteiger partial charge in [-0.1, -0.05) is 72.3 Å². The van der Waals surface area contributed by atoms with Crippen LogP contribution in [0.25, 0.3) is 21.7 Å². The molecule has 0 bridgehead atoms. The fourth-order valence-corrected chi connectivity index (χ4v) is 4.30. The van der Waals surface area contributed by atoms with Crippen LogP contribution in [0.2, 0.25) is 5.02 Å². The molecule has 1 heterocycles. The van der Waals surface area contributed by atoms with E-state index in [2.05, 4.69) is 21.2 Å². The molecule has 0 fully saturated rings. The van der Waals surface area contributed by atoms with Gasteiger partial charge >= 0.3 is 0 Å². The van der Waals surface area contributed by atoms with Crippen LogP contribution in [-0.2, 0) is 6.54 Å². The Morgan fingerprint density at radius 3 is 2.50 bits per heavy atom. The van der Waals surface area contributed by atoms with Crippen molar-refractivity contribution in [3.63, 3.8) is 0 Å². The minimum absolute atomic E-state index is 0.335.